The zero-order valence-corrected chi connectivity index (χ0v) is 8.35. The van der Waals surface area contributed by atoms with Crippen LogP contribution in [0.25, 0.3) is 0 Å². The topological polar surface area (TPSA) is 35.5 Å². The van der Waals surface area contributed by atoms with E-state index in [2.05, 4.69) is 0 Å². The molecule has 0 fully saturated rings. The minimum Gasteiger partial charge on any atom is -0.309 e. The highest BCUT2D eigenvalue weighted by Crippen LogP contribution is 2.55. The van der Waals surface area contributed by atoms with Crippen LogP contribution >= 0.6 is 7.60 Å². The normalized spacial score (nSPS) is 13.6. The first-order chi connectivity index (χ1) is 5.14. The highest BCUT2D eigenvalue weighted by molar-refractivity contribution is 7.58. The first-order valence-electron chi connectivity index (χ1n) is 3.51. The molecule has 0 N–H and O–H groups in total. The van der Waals surface area contributed by atoms with Gasteiger partial charge in [-0.15, -0.1) is 0 Å². The van der Waals surface area contributed by atoms with Crippen molar-refractivity contribution in [3.05, 3.63) is 11.4 Å². The first-order valence-corrected chi connectivity index (χ1v) is 5.06. The van der Waals surface area contributed by atoms with Crippen molar-refractivity contribution in [2.75, 3.05) is 14.2 Å². The summed E-state index contributed by atoms with van der Waals surface area (Å²) in [5.74, 6) is 0. The van der Waals surface area contributed by atoms with Gasteiger partial charge in [0, 0.05) is 19.5 Å². The molecule has 3 nitrogen and oxygen atoms in total. The number of hydrogen-bond acceptors (Lipinski definition) is 3. The van der Waals surface area contributed by atoms with Crippen molar-refractivity contribution in [1.82, 2.24) is 0 Å². The van der Waals surface area contributed by atoms with Crippen LogP contribution in [0.5, 0.6) is 0 Å². The van der Waals surface area contributed by atoms with Gasteiger partial charge >= 0.3 is 7.60 Å². The third-order valence-electron chi connectivity index (χ3n) is 1.53. The molecule has 0 saturated heterocycles. The van der Waals surface area contributed by atoms with Gasteiger partial charge in [0.15, 0.2) is 0 Å². The molecule has 0 aromatic rings. The van der Waals surface area contributed by atoms with Gasteiger partial charge in [0.2, 0.25) is 0 Å². The van der Waals surface area contributed by atoms with Crippen LogP contribution in [-0.2, 0) is 13.6 Å². The van der Waals surface area contributed by atoms with Crippen molar-refractivity contribution in [1.29, 1.82) is 0 Å². The Bertz CT molecular complexity index is 178. The molecular formula is C7H15O3P. The van der Waals surface area contributed by atoms with E-state index in [1.807, 2.05) is 13.8 Å². The second-order valence-corrected chi connectivity index (χ2v) is 4.30. The van der Waals surface area contributed by atoms with Crippen molar-refractivity contribution in [2.45, 2.75) is 20.3 Å². The lowest BCUT2D eigenvalue weighted by molar-refractivity contribution is 0.282. The molecule has 0 aromatic heterocycles. The second-order valence-electron chi connectivity index (χ2n) is 2.00. The molecule has 0 aliphatic carbocycles. The highest BCUT2D eigenvalue weighted by atomic mass is 31.2. The van der Waals surface area contributed by atoms with E-state index in [4.69, 9.17) is 9.05 Å². The average Bonchev–Trinajstić information content (AvgIpc) is 2.06. The standard InChI is InChI=1S/C7H15O3P/c1-5-7(6-2)11(8,9-3)10-4/h5H,6H2,1-4H3/b7-5+. The summed E-state index contributed by atoms with van der Waals surface area (Å²) in [5, 5.41) is 0.725. The van der Waals surface area contributed by atoms with E-state index in [0.717, 1.165) is 5.31 Å². The zero-order chi connectivity index (χ0) is 8.91. The molecule has 0 aliphatic heterocycles. The summed E-state index contributed by atoms with van der Waals surface area (Å²) < 4.78 is 21.2. The van der Waals surface area contributed by atoms with Gasteiger partial charge in [0.1, 0.15) is 0 Å². The van der Waals surface area contributed by atoms with Crippen LogP contribution in [0.4, 0.5) is 0 Å². The van der Waals surface area contributed by atoms with Crippen molar-refractivity contribution in [3.63, 3.8) is 0 Å². The van der Waals surface area contributed by atoms with Crippen molar-refractivity contribution in [3.8, 4) is 0 Å². The van der Waals surface area contributed by atoms with Gasteiger partial charge in [-0.25, -0.2) is 0 Å². The molecule has 4 heteroatoms. The Morgan fingerprint density at radius 3 is 2.00 bits per heavy atom. The summed E-state index contributed by atoms with van der Waals surface area (Å²) in [6.07, 6.45) is 2.46. The van der Waals surface area contributed by atoms with Crippen LogP contribution in [0.15, 0.2) is 11.4 Å². The molecular weight excluding hydrogens is 163 g/mol. The quantitative estimate of drug-likeness (QED) is 0.621. The molecule has 0 amide bonds. The maximum atomic E-state index is 11.6. The highest BCUT2D eigenvalue weighted by Gasteiger charge is 2.24. The van der Waals surface area contributed by atoms with Crippen LogP contribution in [-0.4, -0.2) is 14.2 Å². The Hall–Kier alpha value is -0.110. The van der Waals surface area contributed by atoms with Gasteiger partial charge in [-0.3, -0.25) is 4.57 Å². The predicted octanol–water partition coefficient (Wildman–Crippen LogP) is 2.79. The molecule has 0 aliphatic rings. The van der Waals surface area contributed by atoms with Crippen molar-refractivity contribution >= 4 is 7.60 Å². The van der Waals surface area contributed by atoms with E-state index in [1.165, 1.54) is 14.2 Å². The van der Waals surface area contributed by atoms with Gasteiger partial charge < -0.3 is 9.05 Å². The van der Waals surface area contributed by atoms with Crippen LogP contribution in [0, 0.1) is 0 Å². The molecule has 0 atom stereocenters. The Labute approximate surface area is 67.9 Å². The maximum Gasteiger partial charge on any atom is 0.356 e. The van der Waals surface area contributed by atoms with Gasteiger partial charge in [0.05, 0.1) is 0 Å². The average molecular weight is 178 g/mol. The molecule has 0 saturated carbocycles. The number of rotatable bonds is 4. The maximum absolute atomic E-state index is 11.6. The summed E-state index contributed by atoms with van der Waals surface area (Å²) in [6.45, 7) is 3.74. The summed E-state index contributed by atoms with van der Waals surface area (Å²) in [4.78, 5) is 0. The molecule has 0 rings (SSSR count). The van der Waals surface area contributed by atoms with Crippen LogP contribution in [0.1, 0.15) is 20.3 Å². The lowest BCUT2D eigenvalue weighted by Crippen LogP contribution is -1.91. The molecule has 0 bridgehead atoms. The first kappa shape index (κ1) is 10.9. The number of allylic oxidation sites excluding steroid dienone is 2. The molecule has 11 heavy (non-hydrogen) atoms. The summed E-state index contributed by atoms with van der Waals surface area (Å²) >= 11 is 0. The van der Waals surface area contributed by atoms with Crippen LogP contribution in [0.2, 0.25) is 0 Å². The van der Waals surface area contributed by atoms with E-state index in [1.54, 1.807) is 6.08 Å². The number of hydrogen-bond donors (Lipinski definition) is 0. The second kappa shape index (κ2) is 4.70. The Balaban J connectivity index is 4.62. The fourth-order valence-corrected chi connectivity index (χ4v) is 2.19. The largest absolute Gasteiger partial charge is 0.356 e. The molecule has 0 aromatic carbocycles. The summed E-state index contributed by atoms with van der Waals surface area (Å²) in [6, 6.07) is 0. The SMILES string of the molecule is C/C=C(\CC)P(=O)(OC)OC. The van der Waals surface area contributed by atoms with Gasteiger partial charge in [-0.05, 0) is 13.3 Å². The molecule has 66 valence electrons. The fraction of sp³-hybridized carbons (Fsp3) is 0.714. The lowest BCUT2D eigenvalue weighted by atomic mass is 10.4. The van der Waals surface area contributed by atoms with Crippen LogP contribution in [0.3, 0.4) is 0 Å². The van der Waals surface area contributed by atoms with E-state index < -0.39 is 7.60 Å². The van der Waals surface area contributed by atoms with Crippen molar-refractivity contribution in [2.24, 2.45) is 0 Å². The van der Waals surface area contributed by atoms with Gasteiger partial charge in [-0.2, -0.15) is 0 Å². The molecule has 0 radical (unpaired) electrons. The van der Waals surface area contributed by atoms with E-state index in [0.29, 0.717) is 6.42 Å². The zero-order valence-electron chi connectivity index (χ0n) is 7.46. The fourth-order valence-electron chi connectivity index (χ4n) is 0.865. The Kier molecular flexibility index (Phi) is 4.66. The lowest BCUT2D eigenvalue weighted by Gasteiger charge is -2.15. The van der Waals surface area contributed by atoms with E-state index in [9.17, 15) is 4.57 Å². The predicted molar refractivity (Wildman–Crippen MR) is 45.7 cm³/mol. The van der Waals surface area contributed by atoms with E-state index >= 15 is 0 Å². The summed E-state index contributed by atoms with van der Waals surface area (Å²) in [7, 11) is -0.146. The summed E-state index contributed by atoms with van der Waals surface area (Å²) in [5.41, 5.74) is 0. The van der Waals surface area contributed by atoms with E-state index in [-0.39, 0.29) is 0 Å². The minimum atomic E-state index is -2.93. The van der Waals surface area contributed by atoms with Gasteiger partial charge in [-0.1, -0.05) is 13.0 Å². The monoisotopic (exact) mass is 178 g/mol. The molecule has 0 unspecified atom stereocenters. The smallest absolute Gasteiger partial charge is 0.309 e. The van der Waals surface area contributed by atoms with Gasteiger partial charge in [0.25, 0.3) is 0 Å². The third-order valence-corrected chi connectivity index (χ3v) is 3.77. The molecule has 0 heterocycles. The molecule has 0 spiro atoms. The Morgan fingerprint density at radius 2 is 1.91 bits per heavy atom. The minimum absolute atomic E-state index is 0.690. The Morgan fingerprint density at radius 1 is 1.45 bits per heavy atom. The third kappa shape index (κ3) is 2.44. The van der Waals surface area contributed by atoms with Crippen molar-refractivity contribution < 1.29 is 13.6 Å². The van der Waals surface area contributed by atoms with Crippen LogP contribution < -0.4 is 0 Å².